The number of nitrogens with one attached hydrogen (secondary N) is 1. The molecule has 2 aromatic heterocycles. The van der Waals surface area contributed by atoms with E-state index in [2.05, 4.69) is 52.2 Å². The quantitative estimate of drug-likeness (QED) is 0.326. The molecule has 1 N–H and O–H groups in total. The maximum Gasteiger partial charge on any atom is 0.410 e. The van der Waals surface area contributed by atoms with Crippen LogP contribution < -0.4 is 10.2 Å². The fraction of sp³-hybridized carbons (Fsp3) is 0.379. The highest BCUT2D eigenvalue weighted by molar-refractivity contribution is 6.34. The zero-order chi connectivity index (χ0) is 27.0. The van der Waals surface area contributed by atoms with Crippen molar-refractivity contribution in [2.45, 2.75) is 46.3 Å². The molecule has 0 aliphatic carbocycles. The Hall–Kier alpha value is -3.65. The Bertz CT molecular complexity index is 1490. The van der Waals surface area contributed by atoms with Crippen molar-refractivity contribution >= 4 is 51.0 Å². The number of carbonyl (C=O) groups is 1. The van der Waals surface area contributed by atoms with E-state index >= 15 is 0 Å². The first kappa shape index (κ1) is 26.0. The van der Waals surface area contributed by atoms with Crippen LogP contribution in [-0.4, -0.2) is 63.8 Å². The number of piperazine rings is 1. The summed E-state index contributed by atoms with van der Waals surface area (Å²) in [5.41, 5.74) is 1.90. The first-order valence-corrected chi connectivity index (χ1v) is 13.3. The maximum absolute atomic E-state index is 12.5. The molecule has 5 rings (SSSR count). The lowest BCUT2D eigenvalue weighted by Gasteiger charge is -2.36. The number of benzene rings is 2. The predicted octanol–water partition coefficient (Wildman–Crippen LogP) is 6.38. The highest BCUT2D eigenvalue weighted by Gasteiger charge is 2.27. The third kappa shape index (κ3) is 5.45. The van der Waals surface area contributed by atoms with E-state index in [9.17, 15) is 4.79 Å². The van der Waals surface area contributed by atoms with Gasteiger partial charge in [-0.2, -0.15) is 0 Å². The molecule has 8 nitrogen and oxygen atoms in total. The molecular formula is C29H33ClN6O2. The summed E-state index contributed by atoms with van der Waals surface area (Å²) in [5, 5.41) is 6.98. The second kappa shape index (κ2) is 10.3. The Morgan fingerprint density at radius 1 is 1.03 bits per heavy atom. The summed E-state index contributed by atoms with van der Waals surface area (Å²) in [4.78, 5) is 30.5. The molecule has 0 spiro atoms. The molecule has 0 unspecified atom stereocenters. The lowest BCUT2D eigenvalue weighted by atomic mass is 10.0. The van der Waals surface area contributed by atoms with Gasteiger partial charge in [-0.15, -0.1) is 0 Å². The standard InChI is InChI=1S/C29H33ClN6O2/c1-18(2)33-25-14-19-8-6-7-9-20(19)26(34-25)21-16-24-22(15-23(21)30)27(32-17-31-24)35-10-12-36(13-11-35)28(37)38-29(3,4)5/h6-9,14-18H,10-13H2,1-5H3,(H,33,34). The van der Waals surface area contributed by atoms with Crippen LogP contribution in [0.25, 0.3) is 32.9 Å². The molecular weight excluding hydrogens is 500 g/mol. The van der Waals surface area contributed by atoms with Gasteiger partial charge in [-0.3, -0.25) is 0 Å². The molecule has 1 aliphatic rings. The first-order chi connectivity index (χ1) is 18.1. The van der Waals surface area contributed by atoms with Crippen LogP contribution in [-0.2, 0) is 4.74 Å². The Morgan fingerprint density at radius 3 is 2.47 bits per heavy atom. The second-order valence-electron chi connectivity index (χ2n) is 10.9. The largest absolute Gasteiger partial charge is 0.444 e. The minimum absolute atomic E-state index is 0.245. The van der Waals surface area contributed by atoms with Crippen LogP contribution in [0.5, 0.6) is 0 Å². The van der Waals surface area contributed by atoms with Gasteiger partial charge in [0.1, 0.15) is 23.6 Å². The highest BCUT2D eigenvalue weighted by atomic mass is 35.5. The number of pyridine rings is 1. The van der Waals surface area contributed by atoms with Crippen molar-refractivity contribution in [3.8, 4) is 11.3 Å². The highest BCUT2D eigenvalue weighted by Crippen LogP contribution is 2.37. The van der Waals surface area contributed by atoms with Gasteiger partial charge in [0.2, 0.25) is 0 Å². The molecule has 1 fully saturated rings. The number of hydrogen-bond donors (Lipinski definition) is 1. The Labute approximate surface area is 228 Å². The van der Waals surface area contributed by atoms with Gasteiger partial charge in [-0.05, 0) is 58.2 Å². The number of fused-ring (bicyclic) bond motifs is 2. The van der Waals surface area contributed by atoms with Crippen molar-refractivity contribution in [2.24, 2.45) is 0 Å². The van der Waals surface area contributed by atoms with Gasteiger partial charge in [0.05, 0.1) is 16.2 Å². The van der Waals surface area contributed by atoms with Crippen molar-refractivity contribution in [2.75, 3.05) is 36.4 Å². The Balaban J connectivity index is 1.48. The number of aromatic nitrogens is 3. The molecule has 4 aromatic rings. The molecule has 0 atom stereocenters. The average Bonchev–Trinajstić information content (AvgIpc) is 2.86. The first-order valence-electron chi connectivity index (χ1n) is 12.9. The minimum Gasteiger partial charge on any atom is -0.444 e. The molecule has 0 bridgehead atoms. The van der Waals surface area contributed by atoms with Crippen LogP contribution in [0.1, 0.15) is 34.6 Å². The number of anilines is 2. The summed E-state index contributed by atoms with van der Waals surface area (Å²) in [6.07, 6.45) is 1.30. The van der Waals surface area contributed by atoms with Crippen molar-refractivity contribution in [1.82, 2.24) is 19.9 Å². The van der Waals surface area contributed by atoms with Crippen LogP contribution in [0, 0.1) is 0 Å². The zero-order valence-corrected chi connectivity index (χ0v) is 23.2. The number of hydrogen-bond acceptors (Lipinski definition) is 7. The van der Waals surface area contributed by atoms with Crippen molar-refractivity contribution in [1.29, 1.82) is 0 Å². The summed E-state index contributed by atoms with van der Waals surface area (Å²) in [6.45, 7) is 12.2. The van der Waals surface area contributed by atoms with E-state index in [4.69, 9.17) is 21.3 Å². The Kier molecular flexibility index (Phi) is 7.01. The minimum atomic E-state index is -0.518. The second-order valence-corrected chi connectivity index (χ2v) is 11.3. The number of nitrogens with zero attached hydrogens (tertiary/aromatic N) is 5. The van der Waals surface area contributed by atoms with E-state index in [1.165, 1.54) is 0 Å². The number of amides is 1. The number of carbonyl (C=O) groups excluding carboxylic acids is 1. The molecule has 38 heavy (non-hydrogen) atoms. The number of rotatable bonds is 4. The van der Waals surface area contributed by atoms with Gasteiger partial charge in [0.15, 0.2) is 0 Å². The molecule has 1 amide bonds. The van der Waals surface area contributed by atoms with Crippen LogP contribution >= 0.6 is 11.6 Å². The lowest BCUT2D eigenvalue weighted by molar-refractivity contribution is 0.0240. The van der Waals surface area contributed by atoms with Crippen molar-refractivity contribution < 1.29 is 9.53 Å². The van der Waals surface area contributed by atoms with Crippen LogP contribution in [0.15, 0.2) is 48.8 Å². The van der Waals surface area contributed by atoms with Gasteiger partial charge in [0.25, 0.3) is 0 Å². The summed E-state index contributed by atoms with van der Waals surface area (Å²) in [6, 6.07) is 14.4. The molecule has 3 heterocycles. The fourth-order valence-corrected chi connectivity index (χ4v) is 4.95. The molecule has 9 heteroatoms. The Morgan fingerprint density at radius 2 is 1.76 bits per heavy atom. The normalized spacial score (nSPS) is 14.4. The average molecular weight is 533 g/mol. The third-order valence-corrected chi connectivity index (χ3v) is 6.68. The summed E-state index contributed by atoms with van der Waals surface area (Å²) in [7, 11) is 0. The number of halogens is 1. The number of ether oxygens (including phenoxy) is 1. The van der Waals surface area contributed by atoms with E-state index in [0.29, 0.717) is 31.2 Å². The van der Waals surface area contributed by atoms with E-state index in [1.807, 2.05) is 45.0 Å². The third-order valence-electron chi connectivity index (χ3n) is 6.37. The van der Waals surface area contributed by atoms with E-state index in [-0.39, 0.29) is 12.1 Å². The van der Waals surface area contributed by atoms with Gasteiger partial charge < -0.3 is 19.9 Å². The van der Waals surface area contributed by atoms with Crippen LogP contribution in [0.4, 0.5) is 16.4 Å². The van der Waals surface area contributed by atoms with Crippen LogP contribution in [0.2, 0.25) is 5.02 Å². The molecule has 1 saturated heterocycles. The maximum atomic E-state index is 12.5. The van der Waals surface area contributed by atoms with E-state index in [0.717, 1.165) is 44.6 Å². The zero-order valence-electron chi connectivity index (χ0n) is 22.5. The molecule has 1 aliphatic heterocycles. The van der Waals surface area contributed by atoms with Gasteiger partial charge >= 0.3 is 6.09 Å². The summed E-state index contributed by atoms with van der Waals surface area (Å²) in [5.74, 6) is 1.61. The van der Waals surface area contributed by atoms with Gasteiger partial charge in [0, 0.05) is 48.6 Å². The molecule has 0 saturated carbocycles. The van der Waals surface area contributed by atoms with Crippen LogP contribution in [0.3, 0.4) is 0 Å². The SMILES string of the molecule is CC(C)Nc1cc2ccccc2c(-c2cc3ncnc(N4CCN(C(=O)OC(C)(C)C)CC4)c3cc2Cl)n1. The van der Waals surface area contributed by atoms with E-state index < -0.39 is 5.60 Å². The van der Waals surface area contributed by atoms with E-state index in [1.54, 1.807) is 11.2 Å². The van der Waals surface area contributed by atoms with Crippen molar-refractivity contribution in [3.63, 3.8) is 0 Å². The fourth-order valence-electron chi connectivity index (χ4n) is 4.70. The van der Waals surface area contributed by atoms with Gasteiger partial charge in [-0.1, -0.05) is 35.9 Å². The lowest BCUT2D eigenvalue weighted by Crippen LogP contribution is -2.50. The monoisotopic (exact) mass is 532 g/mol. The smallest absolute Gasteiger partial charge is 0.410 e. The molecule has 0 radical (unpaired) electrons. The topological polar surface area (TPSA) is 83.5 Å². The van der Waals surface area contributed by atoms with Crippen molar-refractivity contribution in [3.05, 3.63) is 53.8 Å². The molecule has 2 aromatic carbocycles. The molecule has 198 valence electrons. The predicted molar refractivity (Wildman–Crippen MR) is 154 cm³/mol. The summed E-state index contributed by atoms with van der Waals surface area (Å²) >= 11 is 6.93. The summed E-state index contributed by atoms with van der Waals surface area (Å²) < 4.78 is 5.53. The van der Waals surface area contributed by atoms with Gasteiger partial charge in [-0.25, -0.2) is 19.7 Å².